The number of rotatable bonds is 6. The van der Waals surface area contributed by atoms with E-state index in [1.165, 1.54) is 12.1 Å². The van der Waals surface area contributed by atoms with E-state index < -0.39 is 22.4 Å². The third kappa shape index (κ3) is 7.29. The second-order valence-electron chi connectivity index (χ2n) is 6.75. The van der Waals surface area contributed by atoms with Gasteiger partial charge in [-0.2, -0.15) is 0 Å². The van der Waals surface area contributed by atoms with Crippen LogP contribution in [-0.2, 0) is 9.59 Å². The Balaban J connectivity index is 1.78. The molecule has 12 heteroatoms. The maximum absolute atomic E-state index is 12.2. The van der Waals surface area contributed by atoms with Crippen molar-refractivity contribution in [3.63, 3.8) is 0 Å². The molecule has 0 fully saturated rings. The molecule has 2 rings (SSSR count). The van der Waals surface area contributed by atoms with Crippen LogP contribution >= 0.6 is 23.8 Å². The maximum Gasteiger partial charge on any atom is 0.288 e. The SMILES string of the molecule is Cc1ccc(C)c(NC(=O)CCC(=O)NNC(=S)NC(=O)c2ccc(Cl)c([N+](=O)[O-])c2)c1. The van der Waals surface area contributed by atoms with E-state index in [-0.39, 0.29) is 34.4 Å². The average molecular weight is 478 g/mol. The molecule has 0 saturated heterocycles. The number of thiocarbonyl (C=S) groups is 1. The van der Waals surface area contributed by atoms with Gasteiger partial charge in [-0.15, -0.1) is 0 Å². The standard InChI is InChI=1S/C20H20ClN5O5S/c1-11-3-4-12(2)15(9-11)22-17(27)7-8-18(28)24-25-20(32)23-19(29)13-5-6-14(21)16(10-13)26(30)31/h3-6,9-10H,7-8H2,1-2H3,(H,22,27)(H,24,28)(H2,23,25,29,32). The predicted molar refractivity (Wildman–Crippen MR) is 123 cm³/mol. The summed E-state index contributed by atoms with van der Waals surface area (Å²) >= 11 is 10.6. The Morgan fingerprint density at radius 3 is 2.41 bits per heavy atom. The third-order valence-electron chi connectivity index (χ3n) is 4.19. The van der Waals surface area contributed by atoms with Crippen molar-refractivity contribution in [2.75, 3.05) is 5.32 Å². The summed E-state index contributed by atoms with van der Waals surface area (Å²) in [7, 11) is 0. The van der Waals surface area contributed by atoms with Crippen LogP contribution in [0.2, 0.25) is 5.02 Å². The molecule has 0 saturated carbocycles. The van der Waals surface area contributed by atoms with E-state index in [9.17, 15) is 24.5 Å². The number of carbonyl (C=O) groups is 3. The molecule has 32 heavy (non-hydrogen) atoms. The Morgan fingerprint density at radius 2 is 1.72 bits per heavy atom. The Bertz CT molecular complexity index is 1090. The van der Waals surface area contributed by atoms with Gasteiger partial charge in [0, 0.05) is 30.2 Å². The zero-order valence-corrected chi connectivity index (χ0v) is 18.7. The van der Waals surface area contributed by atoms with Gasteiger partial charge in [-0.25, -0.2) is 0 Å². The van der Waals surface area contributed by atoms with Crippen LogP contribution < -0.4 is 21.5 Å². The van der Waals surface area contributed by atoms with E-state index in [0.29, 0.717) is 5.69 Å². The number of nitro benzene ring substituents is 1. The van der Waals surface area contributed by atoms with Crippen molar-refractivity contribution >= 4 is 58.0 Å². The van der Waals surface area contributed by atoms with Crippen LogP contribution in [0.15, 0.2) is 36.4 Å². The van der Waals surface area contributed by atoms with E-state index in [4.69, 9.17) is 23.8 Å². The highest BCUT2D eigenvalue weighted by Crippen LogP contribution is 2.25. The quantitative estimate of drug-likeness (QED) is 0.284. The Morgan fingerprint density at radius 1 is 1.03 bits per heavy atom. The summed E-state index contributed by atoms with van der Waals surface area (Å²) < 4.78 is 0. The lowest BCUT2D eigenvalue weighted by molar-refractivity contribution is -0.384. The van der Waals surface area contributed by atoms with Crippen molar-refractivity contribution in [2.45, 2.75) is 26.7 Å². The highest BCUT2D eigenvalue weighted by Gasteiger charge is 2.17. The second-order valence-corrected chi connectivity index (χ2v) is 7.56. The van der Waals surface area contributed by atoms with Gasteiger partial charge in [-0.1, -0.05) is 23.7 Å². The van der Waals surface area contributed by atoms with E-state index >= 15 is 0 Å². The molecule has 2 aromatic carbocycles. The van der Waals surface area contributed by atoms with Gasteiger partial charge in [-0.05, 0) is 55.4 Å². The average Bonchev–Trinajstić information content (AvgIpc) is 2.73. The van der Waals surface area contributed by atoms with Crippen LogP contribution in [0.5, 0.6) is 0 Å². The van der Waals surface area contributed by atoms with E-state index in [0.717, 1.165) is 17.2 Å². The van der Waals surface area contributed by atoms with Gasteiger partial charge in [0.15, 0.2) is 5.11 Å². The van der Waals surface area contributed by atoms with Gasteiger partial charge in [0.2, 0.25) is 11.8 Å². The first kappa shape index (κ1) is 24.7. The van der Waals surface area contributed by atoms with Crippen LogP contribution in [0.25, 0.3) is 0 Å². The van der Waals surface area contributed by atoms with Crippen molar-refractivity contribution in [2.24, 2.45) is 0 Å². The molecule has 168 valence electrons. The van der Waals surface area contributed by atoms with Gasteiger partial charge in [-0.3, -0.25) is 40.7 Å². The fourth-order valence-electron chi connectivity index (χ4n) is 2.50. The van der Waals surface area contributed by atoms with Crippen molar-refractivity contribution in [3.8, 4) is 0 Å². The van der Waals surface area contributed by atoms with Crippen LogP contribution in [0.1, 0.15) is 34.3 Å². The summed E-state index contributed by atoms with van der Waals surface area (Å²) in [5.41, 5.74) is 6.71. The molecule has 0 bridgehead atoms. The number of carbonyl (C=O) groups excluding carboxylic acids is 3. The number of amides is 3. The molecular formula is C20H20ClN5O5S. The molecule has 10 nitrogen and oxygen atoms in total. The molecule has 0 unspecified atom stereocenters. The maximum atomic E-state index is 12.2. The molecule has 4 N–H and O–H groups in total. The van der Waals surface area contributed by atoms with Crippen LogP contribution in [0, 0.1) is 24.0 Å². The highest BCUT2D eigenvalue weighted by atomic mass is 35.5. The number of anilines is 1. The topological polar surface area (TPSA) is 142 Å². The smallest absolute Gasteiger partial charge is 0.288 e. The molecule has 0 aliphatic heterocycles. The number of hydrazine groups is 1. The van der Waals surface area contributed by atoms with Gasteiger partial charge < -0.3 is 5.32 Å². The molecule has 0 aliphatic carbocycles. The summed E-state index contributed by atoms with van der Waals surface area (Å²) in [6.45, 7) is 3.77. The summed E-state index contributed by atoms with van der Waals surface area (Å²) in [4.78, 5) is 46.3. The summed E-state index contributed by atoms with van der Waals surface area (Å²) in [5, 5.41) is 15.6. The zero-order chi connectivity index (χ0) is 23.8. The monoisotopic (exact) mass is 477 g/mol. The molecule has 0 aromatic heterocycles. The third-order valence-corrected chi connectivity index (χ3v) is 4.72. The molecule has 3 amide bonds. The van der Waals surface area contributed by atoms with Crippen LogP contribution in [0.3, 0.4) is 0 Å². The highest BCUT2D eigenvalue weighted by molar-refractivity contribution is 7.80. The van der Waals surface area contributed by atoms with Gasteiger partial charge in [0.1, 0.15) is 5.02 Å². The van der Waals surface area contributed by atoms with Crippen molar-refractivity contribution < 1.29 is 19.3 Å². The van der Waals surface area contributed by atoms with E-state index in [1.54, 1.807) is 0 Å². The van der Waals surface area contributed by atoms with E-state index in [1.807, 2.05) is 32.0 Å². The number of nitrogens with zero attached hydrogens (tertiary/aromatic N) is 1. The molecule has 0 radical (unpaired) electrons. The normalized spacial score (nSPS) is 10.1. The zero-order valence-electron chi connectivity index (χ0n) is 17.2. The number of hydrogen-bond acceptors (Lipinski definition) is 6. The largest absolute Gasteiger partial charge is 0.326 e. The van der Waals surface area contributed by atoms with Crippen molar-refractivity contribution in [3.05, 3.63) is 68.2 Å². The first-order chi connectivity index (χ1) is 15.1. The molecule has 2 aromatic rings. The van der Waals surface area contributed by atoms with Crippen molar-refractivity contribution in [1.29, 1.82) is 0 Å². The first-order valence-corrected chi connectivity index (χ1v) is 10.1. The lowest BCUT2D eigenvalue weighted by atomic mass is 10.1. The lowest BCUT2D eigenvalue weighted by Crippen LogP contribution is -2.48. The summed E-state index contributed by atoms with van der Waals surface area (Å²) in [6, 6.07) is 9.17. The molecular weight excluding hydrogens is 458 g/mol. The molecule has 0 atom stereocenters. The molecule has 0 aliphatic rings. The van der Waals surface area contributed by atoms with Crippen molar-refractivity contribution in [1.82, 2.24) is 16.2 Å². The van der Waals surface area contributed by atoms with E-state index in [2.05, 4.69) is 21.5 Å². The Kier molecular flexibility index (Phi) is 8.62. The second kappa shape index (κ2) is 11.2. The number of halogens is 1. The van der Waals surface area contributed by atoms with Crippen LogP contribution in [0.4, 0.5) is 11.4 Å². The Labute approximate surface area is 193 Å². The first-order valence-electron chi connectivity index (χ1n) is 9.28. The lowest BCUT2D eigenvalue weighted by Gasteiger charge is -2.11. The minimum absolute atomic E-state index is 0.0420. The predicted octanol–water partition coefficient (Wildman–Crippen LogP) is 2.92. The number of hydrogen-bond donors (Lipinski definition) is 4. The minimum Gasteiger partial charge on any atom is -0.326 e. The molecule has 0 heterocycles. The number of benzene rings is 2. The minimum atomic E-state index is -0.732. The van der Waals surface area contributed by atoms with Gasteiger partial charge >= 0.3 is 0 Å². The number of nitro groups is 1. The number of aryl methyl sites for hydroxylation is 2. The summed E-state index contributed by atoms with van der Waals surface area (Å²) in [6.07, 6.45) is -0.182. The molecule has 0 spiro atoms. The number of nitrogens with one attached hydrogen (secondary N) is 4. The fourth-order valence-corrected chi connectivity index (χ4v) is 2.83. The Hall–Kier alpha value is -3.57. The van der Waals surface area contributed by atoms with Gasteiger partial charge in [0.05, 0.1) is 4.92 Å². The summed E-state index contributed by atoms with van der Waals surface area (Å²) in [5.74, 6) is -1.58. The van der Waals surface area contributed by atoms with Crippen LogP contribution in [-0.4, -0.2) is 27.8 Å². The fraction of sp³-hybridized carbons (Fsp3) is 0.200. The van der Waals surface area contributed by atoms with Gasteiger partial charge in [0.25, 0.3) is 11.6 Å².